The van der Waals surface area contributed by atoms with E-state index in [1.54, 1.807) is 29.0 Å². The summed E-state index contributed by atoms with van der Waals surface area (Å²) in [6, 6.07) is -0.487. The molecule has 2 amide bonds. The fourth-order valence-corrected chi connectivity index (χ4v) is 5.05. The molecule has 1 saturated carbocycles. The molecule has 0 bridgehead atoms. The van der Waals surface area contributed by atoms with Crippen molar-refractivity contribution in [2.45, 2.75) is 77.2 Å². The van der Waals surface area contributed by atoms with Crippen molar-refractivity contribution in [3.8, 4) is 0 Å². The van der Waals surface area contributed by atoms with Crippen molar-refractivity contribution in [1.29, 1.82) is 0 Å². The molecule has 0 aromatic carbocycles. The molecule has 2 aliphatic rings. The zero-order valence-corrected chi connectivity index (χ0v) is 17.7. The molecule has 1 aromatic rings. The van der Waals surface area contributed by atoms with Crippen molar-refractivity contribution in [1.82, 2.24) is 20.3 Å². The van der Waals surface area contributed by atoms with Gasteiger partial charge in [-0.05, 0) is 31.1 Å². The van der Waals surface area contributed by atoms with Crippen LogP contribution in [0.1, 0.15) is 70.4 Å². The molecule has 1 aromatic heterocycles. The summed E-state index contributed by atoms with van der Waals surface area (Å²) in [6.07, 6.45) is 12.1. The number of nitrogens with one attached hydrogen (secondary N) is 1. The molecule has 2 N–H and O–H groups in total. The molecule has 2 heterocycles. The fourth-order valence-electron chi connectivity index (χ4n) is 5.05. The monoisotopic (exact) mass is 416 g/mol. The Morgan fingerprint density at radius 1 is 1.30 bits per heavy atom. The molecule has 164 valence electrons. The summed E-state index contributed by atoms with van der Waals surface area (Å²) in [6.45, 7) is 2.61. The lowest BCUT2D eigenvalue weighted by atomic mass is 9.83. The smallest absolute Gasteiger partial charge is 0.244 e. The van der Waals surface area contributed by atoms with E-state index in [9.17, 15) is 14.4 Å². The van der Waals surface area contributed by atoms with Gasteiger partial charge in [0.2, 0.25) is 11.8 Å². The third-order valence-electron chi connectivity index (χ3n) is 6.61. The van der Waals surface area contributed by atoms with Crippen LogP contribution in [-0.4, -0.2) is 50.3 Å². The number of hydroxylamine groups is 1. The number of Topliss-reactive ketones (excluding diaryl/α,β-unsaturated/α-hetero) is 1. The highest BCUT2D eigenvalue weighted by Gasteiger charge is 2.50. The first-order chi connectivity index (χ1) is 14.5. The maximum absolute atomic E-state index is 13.5. The minimum atomic E-state index is -0.568. The molecule has 1 saturated heterocycles. The lowest BCUT2D eigenvalue weighted by Crippen LogP contribution is -2.45. The molecule has 1 aliphatic carbocycles. The molecule has 30 heavy (non-hydrogen) atoms. The van der Waals surface area contributed by atoms with Gasteiger partial charge in [0.1, 0.15) is 0 Å². The quantitative estimate of drug-likeness (QED) is 0.472. The standard InChI is InChI=1S/C22H32N4O4/c1-2-3-6-16(11-20(28)25-30)21(29)26-15-22(7-4-5-8-22)13-18(26)19(27)12-17-14-23-9-10-24-17/h9-10,14,16,18,30H,2-8,11-13,15H2,1H3,(H,25,28)/t16-,18+/m1/s1. The number of carbonyl (C=O) groups is 3. The number of nitrogens with zero attached hydrogens (tertiary/aromatic N) is 3. The van der Waals surface area contributed by atoms with Gasteiger partial charge in [0, 0.05) is 37.5 Å². The summed E-state index contributed by atoms with van der Waals surface area (Å²) in [7, 11) is 0. The van der Waals surface area contributed by atoms with Crippen molar-refractivity contribution in [2.24, 2.45) is 11.3 Å². The van der Waals surface area contributed by atoms with Gasteiger partial charge < -0.3 is 4.90 Å². The number of rotatable bonds is 9. The van der Waals surface area contributed by atoms with Crippen molar-refractivity contribution in [3.63, 3.8) is 0 Å². The predicted octanol–water partition coefficient (Wildman–Crippen LogP) is 2.45. The molecule has 8 heteroatoms. The van der Waals surface area contributed by atoms with E-state index in [1.807, 2.05) is 6.92 Å². The van der Waals surface area contributed by atoms with E-state index in [4.69, 9.17) is 5.21 Å². The van der Waals surface area contributed by atoms with Crippen LogP contribution < -0.4 is 5.48 Å². The molecule has 1 aliphatic heterocycles. The van der Waals surface area contributed by atoms with Crippen LogP contribution in [0.5, 0.6) is 0 Å². The Balaban J connectivity index is 1.80. The highest BCUT2D eigenvalue weighted by Crippen LogP contribution is 2.48. The number of likely N-dealkylation sites (tertiary alicyclic amines) is 1. The summed E-state index contributed by atoms with van der Waals surface area (Å²) >= 11 is 0. The Bertz CT molecular complexity index is 749. The number of ketones is 1. The number of amides is 2. The highest BCUT2D eigenvalue weighted by atomic mass is 16.5. The van der Waals surface area contributed by atoms with Gasteiger partial charge in [-0.15, -0.1) is 0 Å². The second-order valence-corrected chi connectivity index (χ2v) is 8.81. The molecule has 2 atom stereocenters. The number of hydrogen-bond acceptors (Lipinski definition) is 6. The zero-order valence-electron chi connectivity index (χ0n) is 17.7. The lowest BCUT2D eigenvalue weighted by Gasteiger charge is -2.29. The van der Waals surface area contributed by atoms with Crippen LogP contribution in [-0.2, 0) is 20.8 Å². The van der Waals surface area contributed by atoms with Crippen molar-refractivity contribution in [3.05, 3.63) is 24.3 Å². The maximum Gasteiger partial charge on any atom is 0.244 e. The Morgan fingerprint density at radius 2 is 2.07 bits per heavy atom. The predicted molar refractivity (Wildman–Crippen MR) is 109 cm³/mol. The molecule has 0 unspecified atom stereocenters. The van der Waals surface area contributed by atoms with E-state index in [2.05, 4.69) is 9.97 Å². The first-order valence-corrected chi connectivity index (χ1v) is 11.0. The van der Waals surface area contributed by atoms with Gasteiger partial charge in [0.25, 0.3) is 0 Å². The highest BCUT2D eigenvalue weighted by molar-refractivity contribution is 5.93. The normalized spacial score (nSPS) is 21.0. The van der Waals surface area contributed by atoms with Gasteiger partial charge in [-0.2, -0.15) is 0 Å². The summed E-state index contributed by atoms with van der Waals surface area (Å²) in [5, 5.41) is 8.94. The van der Waals surface area contributed by atoms with Crippen LogP contribution in [0.3, 0.4) is 0 Å². The minimum absolute atomic E-state index is 0.00684. The zero-order chi connectivity index (χ0) is 21.6. The maximum atomic E-state index is 13.5. The van der Waals surface area contributed by atoms with E-state index in [-0.39, 0.29) is 29.9 Å². The number of unbranched alkanes of at least 4 members (excludes halogenated alkanes) is 1. The third kappa shape index (κ3) is 5.22. The molecule has 1 spiro atoms. The largest absolute Gasteiger partial charge is 0.332 e. The average Bonchev–Trinajstić information content (AvgIpc) is 3.38. The molecule has 0 radical (unpaired) electrons. The average molecular weight is 417 g/mol. The first kappa shape index (κ1) is 22.3. The second-order valence-electron chi connectivity index (χ2n) is 8.81. The van der Waals surface area contributed by atoms with Gasteiger partial charge in [0.05, 0.1) is 18.2 Å². The van der Waals surface area contributed by atoms with Gasteiger partial charge >= 0.3 is 0 Å². The van der Waals surface area contributed by atoms with Crippen molar-refractivity contribution in [2.75, 3.05) is 6.54 Å². The van der Waals surface area contributed by atoms with E-state index < -0.39 is 17.9 Å². The number of carbonyl (C=O) groups excluding carboxylic acids is 3. The molecule has 2 fully saturated rings. The summed E-state index contributed by atoms with van der Waals surface area (Å²) < 4.78 is 0. The van der Waals surface area contributed by atoms with Gasteiger partial charge in [0.15, 0.2) is 5.78 Å². The Kier molecular flexibility index (Phi) is 7.53. The first-order valence-electron chi connectivity index (χ1n) is 11.0. The number of hydrogen-bond donors (Lipinski definition) is 2. The fraction of sp³-hybridized carbons (Fsp3) is 0.682. The van der Waals surface area contributed by atoms with Crippen LogP contribution in [0.4, 0.5) is 0 Å². The molecule has 8 nitrogen and oxygen atoms in total. The Hall–Kier alpha value is -2.35. The van der Waals surface area contributed by atoms with E-state index >= 15 is 0 Å². The summed E-state index contributed by atoms with van der Waals surface area (Å²) in [4.78, 5) is 48.5. The molecule has 3 rings (SSSR count). The van der Waals surface area contributed by atoms with Crippen molar-refractivity contribution < 1.29 is 19.6 Å². The van der Waals surface area contributed by atoms with Crippen LogP contribution in [0.2, 0.25) is 0 Å². The second kappa shape index (κ2) is 10.1. The van der Waals surface area contributed by atoms with Crippen LogP contribution in [0.15, 0.2) is 18.6 Å². The van der Waals surface area contributed by atoms with Gasteiger partial charge in [-0.25, -0.2) is 5.48 Å². The molecular weight excluding hydrogens is 384 g/mol. The van der Waals surface area contributed by atoms with Crippen molar-refractivity contribution >= 4 is 17.6 Å². The molecular formula is C22H32N4O4. The summed E-state index contributed by atoms with van der Waals surface area (Å²) in [5.74, 6) is -1.26. The topological polar surface area (TPSA) is 112 Å². The van der Waals surface area contributed by atoms with Gasteiger partial charge in [-0.3, -0.25) is 29.6 Å². The summed E-state index contributed by atoms with van der Waals surface area (Å²) in [5.41, 5.74) is 2.25. The van der Waals surface area contributed by atoms with E-state index in [0.29, 0.717) is 25.1 Å². The Labute approximate surface area is 177 Å². The van der Waals surface area contributed by atoms with E-state index in [1.165, 1.54) is 0 Å². The van der Waals surface area contributed by atoms with Crippen LogP contribution in [0, 0.1) is 11.3 Å². The van der Waals surface area contributed by atoms with E-state index in [0.717, 1.165) is 38.5 Å². The lowest BCUT2D eigenvalue weighted by molar-refractivity contribution is -0.144. The number of aromatic nitrogens is 2. The SMILES string of the molecule is CCCC[C@H](CC(=O)NO)C(=O)N1CC2(CCCC2)C[C@H]1C(=O)Cc1cnccn1. The minimum Gasteiger partial charge on any atom is -0.332 e. The Morgan fingerprint density at radius 3 is 2.70 bits per heavy atom. The van der Waals surface area contributed by atoms with Crippen LogP contribution in [0.25, 0.3) is 0 Å². The van der Waals surface area contributed by atoms with Crippen LogP contribution >= 0.6 is 0 Å². The van der Waals surface area contributed by atoms with Gasteiger partial charge in [-0.1, -0.05) is 32.6 Å². The third-order valence-corrected chi connectivity index (χ3v) is 6.61.